The number of fused-ring (bicyclic) bond motifs is 2. The number of hydrogen-bond acceptors (Lipinski definition) is 8. The number of halogens is 1. The van der Waals surface area contributed by atoms with Crippen LogP contribution in [0.25, 0.3) is 32.9 Å². The van der Waals surface area contributed by atoms with Gasteiger partial charge in [-0.25, -0.2) is 14.6 Å². The number of nitrogens with zero attached hydrogens (tertiary/aromatic N) is 3. The van der Waals surface area contributed by atoms with Gasteiger partial charge in [-0.15, -0.1) is 0 Å². The summed E-state index contributed by atoms with van der Waals surface area (Å²) >= 11 is 6.58. The molecular formula is C34H39ClN6O5. The monoisotopic (exact) mass is 646 g/mol. The first-order chi connectivity index (χ1) is 21.6. The van der Waals surface area contributed by atoms with Gasteiger partial charge < -0.3 is 30.2 Å². The molecule has 5 rings (SSSR count). The van der Waals surface area contributed by atoms with Gasteiger partial charge in [-0.3, -0.25) is 0 Å². The molecule has 0 saturated heterocycles. The zero-order valence-corrected chi connectivity index (χ0v) is 27.8. The first kappa shape index (κ1) is 32.6. The highest BCUT2D eigenvalue weighted by Crippen LogP contribution is 2.35. The summed E-state index contributed by atoms with van der Waals surface area (Å²) in [4.78, 5) is 33.2. The van der Waals surface area contributed by atoms with Crippen molar-refractivity contribution in [3.8, 4) is 16.9 Å². The summed E-state index contributed by atoms with van der Waals surface area (Å²) < 4.78 is 18.5. The van der Waals surface area contributed by atoms with E-state index in [1.165, 1.54) is 4.68 Å². The van der Waals surface area contributed by atoms with Crippen LogP contribution in [0, 0.1) is 6.92 Å². The van der Waals surface area contributed by atoms with E-state index in [1.54, 1.807) is 53.7 Å². The van der Waals surface area contributed by atoms with Gasteiger partial charge in [-0.2, -0.15) is 9.78 Å². The molecule has 5 aromatic rings. The highest BCUT2D eigenvalue weighted by molar-refractivity contribution is 6.32. The van der Waals surface area contributed by atoms with Crippen molar-refractivity contribution in [2.24, 2.45) is 0 Å². The van der Waals surface area contributed by atoms with Gasteiger partial charge in [0.05, 0.1) is 17.3 Å². The molecule has 0 unspecified atom stereocenters. The summed E-state index contributed by atoms with van der Waals surface area (Å²) in [5.74, 6) is 0.405. The second kappa shape index (κ2) is 12.6. The summed E-state index contributed by atoms with van der Waals surface area (Å²) in [6.07, 6.45) is 1.27. The second-order valence-corrected chi connectivity index (χ2v) is 13.5. The number of rotatable bonds is 7. The number of nitrogens with two attached hydrogens (primary N) is 1. The number of alkyl carbamates (subject to hydrolysis) is 1. The molecule has 1 atom stereocenters. The van der Waals surface area contributed by atoms with Crippen LogP contribution in [-0.4, -0.2) is 55.8 Å². The lowest BCUT2D eigenvalue weighted by atomic mass is 10.0. The number of pyridine rings is 1. The molecule has 3 heterocycles. The normalized spacial score (nSPS) is 12.7. The molecule has 0 aliphatic heterocycles. The number of ether oxygens (including phenoxy) is 3. The van der Waals surface area contributed by atoms with Gasteiger partial charge in [-0.05, 0) is 90.3 Å². The molecule has 0 fully saturated rings. The van der Waals surface area contributed by atoms with Gasteiger partial charge in [0.15, 0.2) is 11.6 Å². The zero-order chi connectivity index (χ0) is 33.4. The van der Waals surface area contributed by atoms with Crippen LogP contribution in [0.2, 0.25) is 5.15 Å². The lowest BCUT2D eigenvalue weighted by molar-refractivity contribution is 0.0484. The number of carbonyl (C=O) groups is 2. The van der Waals surface area contributed by atoms with Crippen LogP contribution in [0.15, 0.2) is 54.7 Å². The number of aromatic amines is 1. The summed E-state index contributed by atoms with van der Waals surface area (Å²) in [6, 6.07) is 14.7. The number of anilines is 1. The first-order valence-corrected chi connectivity index (χ1v) is 15.3. The van der Waals surface area contributed by atoms with E-state index in [9.17, 15) is 9.59 Å². The Morgan fingerprint density at radius 3 is 2.46 bits per heavy atom. The largest absolute Gasteiger partial charge is 0.488 e. The average molecular weight is 647 g/mol. The Balaban J connectivity index is 1.41. The topological polar surface area (TPSA) is 146 Å². The van der Waals surface area contributed by atoms with Crippen LogP contribution >= 0.6 is 11.6 Å². The van der Waals surface area contributed by atoms with E-state index in [4.69, 9.17) is 31.5 Å². The number of carbonyl (C=O) groups excluding carboxylic acids is 2. The van der Waals surface area contributed by atoms with Crippen molar-refractivity contribution < 1.29 is 23.8 Å². The van der Waals surface area contributed by atoms with Crippen LogP contribution in [0.5, 0.6) is 5.75 Å². The number of aromatic nitrogens is 4. The molecule has 3 aromatic heterocycles. The van der Waals surface area contributed by atoms with Crippen LogP contribution in [0.3, 0.4) is 0 Å². The maximum atomic E-state index is 12.8. The van der Waals surface area contributed by atoms with Crippen molar-refractivity contribution in [1.82, 2.24) is 25.1 Å². The highest BCUT2D eigenvalue weighted by Gasteiger charge is 2.24. The molecule has 11 nitrogen and oxygen atoms in total. The maximum absolute atomic E-state index is 12.8. The standard InChI is InChI=1S/C34H39ClN6O5/c1-19-24-15-20(12-13-27(24)41(40-19)32(43)46-34(5,6)7)25-16-28(30(36)39-29(25)35)44-18-22(38-31(42)45-33(2,3)4)14-21-17-37-26-11-9-8-10-23(21)26/h8-13,15-17,22,37H,14,18H2,1-7H3,(H2,36,39)(H,38,42)/t22-/m0/s1. The highest BCUT2D eigenvalue weighted by atomic mass is 35.5. The third kappa shape index (κ3) is 7.54. The van der Waals surface area contributed by atoms with Gasteiger partial charge in [0.2, 0.25) is 0 Å². The molecule has 0 spiro atoms. The van der Waals surface area contributed by atoms with Crippen LogP contribution < -0.4 is 15.8 Å². The Bertz CT molecular complexity index is 1920. The summed E-state index contributed by atoms with van der Waals surface area (Å²) in [5.41, 5.74) is 9.46. The number of benzene rings is 2. The molecule has 0 aliphatic carbocycles. The number of hydrogen-bond donors (Lipinski definition) is 3. The van der Waals surface area contributed by atoms with Crippen molar-refractivity contribution in [1.29, 1.82) is 0 Å². The Morgan fingerprint density at radius 1 is 1.02 bits per heavy atom. The van der Waals surface area contributed by atoms with Crippen LogP contribution in [-0.2, 0) is 15.9 Å². The fourth-order valence-electron chi connectivity index (χ4n) is 5.07. The molecular weight excluding hydrogens is 608 g/mol. The lowest BCUT2D eigenvalue weighted by Crippen LogP contribution is -2.43. The second-order valence-electron chi connectivity index (χ2n) is 13.1. The van der Waals surface area contributed by atoms with Crippen molar-refractivity contribution >= 4 is 51.4 Å². The smallest absolute Gasteiger partial charge is 0.435 e. The van der Waals surface area contributed by atoms with Gasteiger partial charge in [0, 0.05) is 28.0 Å². The van der Waals surface area contributed by atoms with E-state index in [2.05, 4.69) is 20.4 Å². The van der Waals surface area contributed by atoms with E-state index in [0.717, 1.165) is 27.4 Å². The minimum absolute atomic E-state index is 0.0759. The number of nitrogens with one attached hydrogen (secondary N) is 2. The molecule has 0 saturated carbocycles. The van der Waals surface area contributed by atoms with Crippen LogP contribution in [0.4, 0.5) is 15.4 Å². The van der Waals surface area contributed by atoms with Crippen molar-refractivity contribution in [3.63, 3.8) is 0 Å². The Morgan fingerprint density at radius 2 is 1.74 bits per heavy atom. The number of amides is 1. The minimum Gasteiger partial charge on any atom is -0.488 e. The summed E-state index contributed by atoms with van der Waals surface area (Å²) in [6.45, 7) is 12.7. The fraction of sp³-hybridized carbons (Fsp3) is 0.353. The Kier molecular flexibility index (Phi) is 8.90. The number of nitrogen functional groups attached to an aromatic ring is 1. The lowest BCUT2D eigenvalue weighted by Gasteiger charge is -2.24. The molecule has 0 aliphatic rings. The number of aryl methyl sites for hydroxylation is 1. The molecule has 4 N–H and O–H groups in total. The average Bonchev–Trinajstić information content (AvgIpc) is 3.51. The van der Waals surface area contributed by atoms with Gasteiger partial charge in [0.25, 0.3) is 0 Å². The third-order valence-corrected chi connectivity index (χ3v) is 7.30. The van der Waals surface area contributed by atoms with Crippen molar-refractivity contribution in [3.05, 3.63) is 71.1 Å². The SMILES string of the molecule is Cc1nn(C(=O)OC(C)(C)C)c2ccc(-c3cc(OC[C@H](Cc4c[nH]c5ccccc45)NC(=O)OC(C)(C)C)c(N)nc3Cl)cc12. The predicted molar refractivity (Wildman–Crippen MR) is 179 cm³/mol. The third-order valence-electron chi connectivity index (χ3n) is 7.01. The van der Waals surface area contributed by atoms with Crippen molar-refractivity contribution in [2.75, 3.05) is 12.3 Å². The quantitative estimate of drug-likeness (QED) is 0.155. The van der Waals surface area contributed by atoms with Crippen molar-refractivity contribution in [2.45, 2.75) is 72.1 Å². The van der Waals surface area contributed by atoms with E-state index in [-0.39, 0.29) is 17.6 Å². The van der Waals surface area contributed by atoms with Gasteiger partial charge >= 0.3 is 12.2 Å². The van der Waals surface area contributed by atoms with Gasteiger partial charge in [-0.1, -0.05) is 35.9 Å². The van der Waals surface area contributed by atoms with Crippen LogP contribution in [0.1, 0.15) is 52.8 Å². The molecule has 1 amide bonds. The predicted octanol–water partition coefficient (Wildman–Crippen LogP) is 7.42. The number of H-pyrrole nitrogens is 1. The molecule has 12 heteroatoms. The van der Waals surface area contributed by atoms with Gasteiger partial charge in [0.1, 0.15) is 23.0 Å². The Labute approximate surface area is 272 Å². The minimum atomic E-state index is -0.668. The van der Waals surface area contributed by atoms with E-state index < -0.39 is 29.4 Å². The molecule has 0 radical (unpaired) electrons. The molecule has 242 valence electrons. The molecule has 0 bridgehead atoms. The number of para-hydroxylation sites is 1. The summed E-state index contributed by atoms with van der Waals surface area (Å²) in [5, 5.41) is 9.33. The van der Waals surface area contributed by atoms with E-state index in [1.807, 2.05) is 49.5 Å². The van der Waals surface area contributed by atoms with E-state index >= 15 is 0 Å². The summed E-state index contributed by atoms with van der Waals surface area (Å²) in [7, 11) is 0. The Hall–Kier alpha value is -4.77. The first-order valence-electron chi connectivity index (χ1n) is 14.9. The van der Waals surface area contributed by atoms with E-state index in [0.29, 0.717) is 28.9 Å². The fourth-order valence-corrected chi connectivity index (χ4v) is 5.32. The molecule has 2 aromatic carbocycles. The zero-order valence-electron chi connectivity index (χ0n) is 27.0. The molecule has 46 heavy (non-hydrogen) atoms. The maximum Gasteiger partial charge on any atom is 0.435 e.